The number of Topliss-reactive ketones (excluding diaryl/α,β-unsaturated/α-hetero) is 1. The number of carbonyl (C=O) groups excluding carboxylic acids is 3. The molecule has 0 N–H and O–H groups in total. The molecule has 1 fully saturated rings. The van der Waals surface area contributed by atoms with Crippen molar-refractivity contribution in [3.8, 4) is 0 Å². The number of carbonyl (C=O) groups is 3. The Morgan fingerprint density at radius 3 is 2.23 bits per heavy atom. The van der Waals surface area contributed by atoms with Crippen molar-refractivity contribution in [1.82, 2.24) is 4.90 Å². The van der Waals surface area contributed by atoms with Crippen LogP contribution in [0.5, 0.6) is 0 Å². The number of benzene rings is 1. The third-order valence-electron chi connectivity index (χ3n) is 5.79. The normalized spacial score (nSPS) is 20.7. The molecule has 1 atom stereocenters. The monoisotopic (exact) mass is 415 g/mol. The first-order valence-corrected chi connectivity index (χ1v) is 11.6. The van der Waals surface area contributed by atoms with E-state index in [4.69, 9.17) is 4.74 Å². The molecule has 5 heteroatoms. The van der Waals surface area contributed by atoms with Gasteiger partial charge in [0.25, 0.3) is 0 Å². The zero-order valence-electron chi connectivity index (χ0n) is 18.4. The lowest BCUT2D eigenvalue weighted by molar-refractivity contribution is -0.152. The van der Waals surface area contributed by atoms with Crippen LogP contribution >= 0.6 is 0 Å². The van der Waals surface area contributed by atoms with E-state index in [0.717, 1.165) is 44.1 Å². The third kappa shape index (κ3) is 8.68. The van der Waals surface area contributed by atoms with E-state index in [1.165, 1.54) is 12.8 Å². The quantitative estimate of drug-likeness (QED) is 0.509. The van der Waals surface area contributed by atoms with Gasteiger partial charge in [-0.05, 0) is 25.3 Å². The highest BCUT2D eigenvalue weighted by Gasteiger charge is 2.28. The van der Waals surface area contributed by atoms with Crippen molar-refractivity contribution in [2.45, 2.75) is 84.1 Å². The first-order valence-electron chi connectivity index (χ1n) is 11.6. The van der Waals surface area contributed by atoms with E-state index in [2.05, 4.69) is 0 Å². The molecule has 1 aromatic rings. The van der Waals surface area contributed by atoms with E-state index in [-0.39, 0.29) is 24.7 Å². The molecule has 1 heterocycles. The topological polar surface area (TPSA) is 63.7 Å². The van der Waals surface area contributed by atoms with Gasteiger partial charge in [0, 0.05) is 25.9 Å². The van der Waals surface area contributed by atoms with E-state index in [1.807, 2.05) is 30.3 Å². The van der Waals surface area contributed by atoms with E-state index >= 15 is 0 Å². The summed E-state index contributed by atoms with van der Waals surface area (Å²) in [6, 6.07) is 9.86. The molecule has 5 nitrogen and oxygen atoms in total. The van der Waals surface area contributed by atoms with Crippen molar-refractivity contribution in [2.75, 3.05) is 13.2 Å². The summed E-state index contributed by atoms with van der Waals surface area (Å²) >= 11 is 0. The maximum absolute atomic E-state index is 12.9. The van der Waals surface area contributed by atoms with Crippen LogP contribution in [0.15, 0.2) is 30.3 Å². The number of hydrogen-bond donors (Lipinski definition) is 0. The summed E-state index contributed by atoms with van der Waals surface area (Å²) in [4.78, 5) is 39.9. The minimum atomic E-state index is -0.702. The van der Waals surface area contributed by atoms with Gasteiger partial charge in [-0.1, -0.05) is 75.3 Å². The number of rotatable bonds is 4. The molecule has 0 radical (unpaired) electrons. The van der Waals surface area contributed by atoms with Crippen molar-refractivity contribution in [2.24, 2.45) is 5.92 Å². The summed E-state index contributed by atoms with van der Waals surface area (Å²) in [6.45, 7) is 2.89. The Balaban J connectivity index is 2.08. The molecule has 0 spiro atoms. The Bertz CT molecular complexity index is 658. The van der Waals surface area contributed by atoms with Gasteiger partial charge >= 0.3 is 5.97 Å². The van der Waals surface area contributed by atoms with Gasteiger partial charge in [-0.25, -0.2) is 0 Å². The average molecular weight is 416 g/mol. The molecular formula is C25H37NO4. The molecule has 1 saturated heterocycles. The number of nitrogens with zero attached hydrogens (tertiary/aromatic N) is 1. The van der Waals surface area contributed by atoms with E-state index in [0.29, 0.717) is 25.9 Å². The fourth-order valence-corrected chi connectivity index (χ4v) is 4.01. The maximum atomic E-state index is 12.9. The summed E-state index contributed by atoms with van der Waals surface area (Å²) in [5.41, 5.74) is 1.05. The summed E-state index contributed by atoms with van der Waals surface area (Å²) in [7, 11) is 0. The van der Waals surface area contributed by atoms with Gasteiger partial charge in [0.15, 0.2) is 0 Å². The molecule has 2 rings (SSSR count). The molecule has 0 aliphatic carbocycles. The van der Waals surface area contributed by atoms with Gasteiger partial charge in [-0.2, -0.15) is 0 Å². The Kier molecular flexibility index (Phi) is 11.2. The Hall–Kier alpha value is -2.17. The standard InChI is InChI=1S/C25H37NO4/c1-2-30-25(29)22-16-12-7-5-3-4-6-8-13-17-24(28)26(19-18-23(22)27)20-21-14-10-9-11-15-21/h9-11,14-15,22H,2-8,12-13,16-20H2,1H3. The van der Waals surface area contributed by atoms with Crippen LogP contribution in [-0.4, -0.2) is 35.7 Å². The van der Waals surface area contributed by atoms with Gasteiger partial charge < -0.3 is 9.64 Å². The van der Waals surface area contributed by atoms with Crippen molar-refractivity contribution in [1.29, 1.82) is 0 Å². The average Bonchev–Trinajstić information content (AvgIpc) is 2.74. The summed E-state index contributed by atoms with van der Waals surface area (Å²) < 4.78 is 5.16. The van der Waals surface area contributed by atoms with Crippen LogP contribution in [0.1, 0.15) is 83.1 Å². The molecule has 30 heavy (non-hydrogen) atoms. The van der Waals surface area contributed by atoms with Gasteiger partial charge in [-0.15, -0.1) is 0 Å². The minimum Gasteiger partial charge on any atom is -0.465 e. The van der Waals surface area contributed by atoms with Crippen molar-refractivity contribution in [3.63, 3.8) is 0 Å². The Morgan fingerprint density at radius 2 is 1.57 bits per heavy atom. The number of hydrogen-bond acceptors (Lipinski definition) is 4. The predicted molar refractivity (Wildman–Crippen MR) is 118 cm³/mol. The second kappa shape index (κ2) is 13.9. The van der Waals surface area contributed by atoms with Crippen LogP contribution in [0.25, 0.3) is 0 Å². The summed E-state index contributed by atoms with van der Waals surface area (Å²) in [5.74, 6) is -1.13. The molecule has 1 aromatic carbocycles. The lowest BCUT2D eigenvalue weighted by atomic mass is 9.94. The smallest absolute Gasteiger partial charge is 0.316 e. The Labute approximate surface area is 181 Å². The number of amides is 1. The first kappa shape index (κ1) is 24.1. The zero-order chi connectivity index (χ0) is 21.6. The highest BCUT2D eigenvalue weighted by Crippen LogP contribution is 2.19. The predicted octanol–water partition coefficient (Wildman–Crippen LogP) is 5.07. The van der Waals surface area contributed by atoms with Gasteiger partial charge in [0.1, 0.15) is 11.7 Å². The second-order valence-corrected chi connectivity index (χ2v) is 8.19. The molecule has 0 aromatic heterocycles. The summed E-state index contributed by atoms with van der Waals surface area (Å²) in [5, 5.41) is 0. The summed E-state index contributed by atoms with van der Waals surface area (Å²) in [6.07, 6.45) is 9.79. The second-order valence-electron chi connectivity index (χ2n) is 8.19. The van der Waals surface area contributed by atoms with Crippen LogP contribution < -0.4 is 0 Å². The van der Waals surface area contributed by atoms with Crippen LogP contribution in [0.2, 0.25) is 0 Å². The molecular weight excluding hydrogens is 378 g/mol. The van der Waals surface area contributed by atoms with Crippen molar-refractivity contribution < 1.29 is 19.1 Å². The Morgan fingerprint density at radius 1 is 0.933 bits per heavy atom. The van der Waals surface area contributed by atoms with E-state index in [1.54, 1.807) is 11.8 Å². The minimum absolute atomic E-state index is 0.0893. The first-order chi connectivity index (χ1) is 14.6. The SMILES string of the molecule is CCOC(=O)C1CCCCCCCCCCC(=O)N(Cc2ccccc2)CCC1=O. The van der Waals surface area contributed by atoms with Gasteiger partial charge in [0.2, 0.25) is 5.91 Å². The van der Waals surface area contributed by atoms with Crippen molar-refractivity contribution in [3.05, 3.63) is 35.9 Å². The number of ketones is 1. The molecule has 0 bridgehead atoms. The van der Waals surface area contributed by atoms with E-state index < -0.39 is 11.9 Å². The third-order valence-corrected chi connectivity index (χ3v) is 5.79. The van der Waals surface area contributed by atoms with Crippen LogP contribution in [0.4, 0.5) is 0 Å². The molecule has 1 aliphatic rings. The maximum Gasteiger partial charge on any atom is 0.316 e. The zero-order valence-corrected chi connectivity index (χ0v) is 18.4. The van der Waals surface area contributed by atoms with Crippen LogP contribution in [0.3, 0.4) is 0 Å². The van der Waals surface area contributed by atoms with Crippen LogP contribution in [-0.2, 0) is 25.7 Å². The van der Waals surface area contributed by atoms with Gasteiger partial charge in [-0.3, -0.25) is 14.4 Å². The van der Waals surface area contributed by atoms with Crippen LogP contribution in [0, 0.1) is 5.92 Å². The molecule has 1 aliphatic heterocycles. The highest BCUT2D eigenvalue weighted by molar-refractivity contribution is 5.99. The molecule has 1 amide bonds. The fraction of sp³-hybridized carbons (Fsp3) is 0.640. The number of ether oxygens (including phenoxy) is 1. The molecule has 166 valence electrons. The highest BCUT2D eigenvalue weighted by atomic mass is 16.5. The largest absolute Gasteiger partial charge is 0.465 e. The fourth-order valence-electron chi connectivity index (χ4n) is 4.01. The number of esters is 1. The van der Waals surface area contributed by atoms with Crippen molar-refractivity contribution >= 4 is 17.7 Å². The molecule has 0 saturated carbocycles. The van der Waals surface area contributed by atoms with Gasteiger partial charge in [0.05, 0.1) is 6.61 Å². The van der Waals surface area contributed by atoms with E-state index in [9.17, 15) is 14.4 Å². The molecule has 1 unspecified atom stereocenters. The lowest BCUT2D eigenvalue weighted by Crippen LogP contribution is -2.35. The lowest BCUT2D eigenvalue weighted by Gasteiger charge is -2.24.